The lowest BCUT2D eigenvalue weighted by atomic mass is 9.91. The van der Waals surface area contributed by atoms with Crippen LogP contribution in [0.4, 0.5) is 13.2 Å². The second-order valence-corrected chi connectivity index (χ2v) is 13.2. The van der Waals surface area contributed by atoms with E-state index in [0.29, 0.717) is 46.7 Å². The highest BCUT2D eigenvalue weighted by Crippen LogP contribution is 2.64. The zero-order chi connectivity index (χ0) is 24.0. The molecule has 0 amide bonds. The summed E-state index contributed by atoms with van der Waals surface area (Å²) in [5.41, 5.74) is -0.318. The van der Waals surface area contributed by atoms with E-state index >= 15 is 0 Å². The van der Waals surface area contributed by atoms with E-state index in [1.54, 1.807) is 6.07 Å². The van der Waals surface area contributed by atoms with Crippen molar-refractivity contribution in [2.75, 3.05) is 24.6 Å². The van der Waals surface area contributed by atoms with Crippen molar-refractivity contribution in [3.63, 3.8) is 0 Å². The SMILES string of the molecule is CC(C)n1nc(-c2cccc(C(F)(F)F)c2)nc1[C@H]1[C@@H]2C[C@@H](N3CCC4(C3)CS(=O)(=O)C4)C[C@@H]21. The van der Waals surface area contributed by atoms with Crippen LogP contribution in [0.25, 0.3) is 11.4 Å². The van der Waals surface area contributed by atoms with Gasteiger partial charge < -0.3 is 0 Å². The highest BCUT2D eigenvalue weighted by atomic mass is 32.2. The van der Waals surface area contributed by atoms with Crippen LogP contribution in [0, 0.1) is 17.3 Å². The Morgan fingerprint density at radius 1 is 1.15 bits per heavy atom. The lowest BCUT2D eigenvalue weighted by Crippen LogP contribution is -2.50. The van der Waals surface area contributed by atoms with Gasteiger partial charge in [-0.25, -0.2) is 18.1 Å². The van der Waals surface area contributed by atoms with Crippen molar-refractivity contribution in [2.45, 2.75) is 57.3 Å². The summed E-state index contributed by atoms with van der Waals surface area (Å²) in [6, 6.07) is 5.78. The van der Waals surface area contributed by atoms with E-state index in [9.17, 15) is 21.6 Å². The molecule has 2 saturated heterocycles. The van der Waals surface area contributed by atoms with Crippen molar-refractivity contribution in [3.8, 4) is 11.4 Å². The van der Waals surface area contributed by atoms with Gasteiger partial charge in [-0.1, -0.05) is 12.1 Å². The fraction of sp³-hybridized carbons (Fsp3) is 0.667. The van der Waals surface area contributed by atoms with Gasteiger partial charge in [0.15, 0.2) is 15.7 Å². The maximum atomic E-state index is 13.2. The molecule has 2 aliphatic heterocycles. The monoisotopic (exact) mass is 494 g/mol. The Kier molecular flexibility index (Phi) is 4.83. The molecule has 0 bridgehead atoms. The first-order chi connectivity index (χ1) is 15.9. The number of likely N-dealkylation sites (tertiary alicyclic amines) is 1. The third kappa shape index (κ3) is 3.68. The molecule has 184 valence electrons. The normalized spacial score (nSPS) is 31.7. The summed E-state index contributed by atoms with van der Waals surface area (Å²) in [7, 11) is -2.82. The lowest BCUT2D eigenvalue weighted by Gasteiger charge is -2.38. The molecule has 10 heteroatoms. The number of halogens is 3. The van der Waals surface area contributed by atoms with Gasteiger partial charge in [-0.05, 0) is 63.6 Å². The van der Waals surface area contributed by atoms with Crippen LogP contribution in [0.3, 0.4) is 0 Å². The molecule has 0 radical (unpaired) electrons. The molecule has 1 aromatic carbocycles. The molecule has 0 unspecified atom stereocenters. The van der Waals surface area contributed by atoms with Gasteiger partial charge in [0.1, 0.15) is 5.82 Å². The summed E-state index contributed by atoms with van der Waals surface area (Å²) in [5.74, 6) is 3.25. The fourth-order valence-corrected chi connectivity index (χ4v) is 9.05. The van der Waals surface area contributed by atoms with Gasteiger partial charge in [-0.3, -0.25) is 4.90 Å². The average Bonchev–Trinajstić information content (AvgIpc) is 3.18. The third-order valence-corrected chi connectivity index (χ3v) is 10.5. The summed E-state index contributed by atoms with van der Waals surface area (Å²) in [4.78, 5) is 7.26. The fourth-order valence-electron chi connectivity index (χ4n) is 6.80. The minimum atomic E-state index is -4.40. The van der Waals surface area contributed by atoms with E-state index in [1.165, 1.54) is 6.07 Å². The maximum absolute atomic E-state index is 13.2. The molecule has 2 aliphatic carbocycles. The molecule has 1 spiro atoms. The molecule has 0 N–H and O–H groups in total. The number of nitrogens with zero attached hydrogens (tertiary/aromatic N) is 4. The number of alkyl halides is 3. The third-order valence-electron chi connectivity index (χ3n) is 8.35. The summed E-state index contributed by atoms with van der Waals surface area (Å²) >= 11 is 0. The Labute approximate surface area is 197 Å². The van der Waals surface area contributed by atoms with E-state index in [4.69, 9.17) is 4.98 Å². The standard InChI is InChI=1S/C24H29F3N4O2S/c1-14(2)31-22(28-21(29-31)15-4-3-5-16(8-15)24(25,26)27)20-18-9-17(10-19(18)20)30-7-6-23(11-30)12-34(32,33)13-23/h3-5,8,14,17-20H,6-7,9-13H2,1-2H3/t17-,18-,19+,20+. The first-order valence-electron chi connectivity index (χ1n) is 12.0. The Balaban J connectivity index is 1.17. The number of hydrogen-bond acceptors (Lipinski definition) is 5. The number of fused-ring (bicyclic) bond motifs is 1. The van der Waals surface area contributed by atoms with Gasteiger partial charge in [0.2, 0.25) is 0 Å². The quantitative estimate of drug-likeness (QED) is 0.639. The average molecular weight is 495 g/mol. The Morgan fingerprint density at radius 3 is 2.47 bits per heavy atom. The summed E-state index contributed by atoms with van der Waals surface area (Å²) in [6.07, 6.45) is -1.28. The molecule has 6 nitrogen and oxygen atoms in total. The summed E-state index contributed by atoms with van der Waals surface area (Å²) < 4.78 is 64.9. The minimum Gasteiger partial charge on any atom is -0.300 e. The Bertz CT molecular complexity index is 1220. The molecule has 1 aromatic heterocycles. The second-order valence-electron chi connectivity index (χ2n) is 11.1. The van der Waals surface area contributed by atoms with Crippen LogP contribution in [0.1, 0.15) is 56.5 Å². The predicted octanol–water partition coefficient (Wildman–Crippen LogP) is 4.16. The Morgan fingerprint density at radius 2 is 1.85 bits per heavy atom. The number of benzene rings is 1. The number of rotatable bonds is 4. The lowest BCUT2D eigenvalue weighted by molar-refractivity contribution is -0.137. The second kappa shape index (κ2) is 7.29. The van der Waals surface area contributed by atoms with Crippen molar-refractivity contribution in [2.24, 2.45) is 17.3 Å². The van der Waals surface area contributed by atoms with E-state index in [0.717, 1.165) is 50.3 Å². The van der Waals surface area contributed by atoms with Crippen LogP contribution < -0.4 is 0 Å². The van der Waals surface area contributed by atoms with Gasteiger partial charge in [0.25, 0.3) is 0 Å². The van der Waals surface area contributed by atoms with Gasteiger partial charge in [0, 0.05) is 35.5 Å². The van der Waals surface area contributed by atoms with E-state index < -0.39 is 21.6 Å². The van der Waals surface area contributed by atoms with Gasteiger partial charge in [0.05, 0.1) is 17.1 Å². The first kappa shape index (κ1) is 22.5. The molecule has 6 rings (SSSR count). The molecule has 4 atom stereocenters. The van der Waals surface area contributed by atoms with Crippen LogP contribution in [0.5, 0.6) is 0 Å². The molecule has 2 aromatic rings. The van der Waals surface area contributed by atoms with Gasteiger partial charge >= 0.3 is 6.18 Å². The maximum Gasteiger partial charge on any atom is 0.416 e. The van der Waals surface area contributed by atoms with E-state index in [-0.39, 0.29) is 11.5 Å². The zero-order valence-corrected chi connectivity index (χ0v) is 20.1. The number of hydrogen-bond donors (Lipinski definition) is 0. The molecule has 2 saturated carbocycles. The number of aromatic nitrogens is 3. The molecule has 3 heterocycles. The Hall–Kier alpha value is -1.94. The van der Waals surface area contributed by atoms with Gasteiger partial charge in [-0.2, -0.15) is 18.3 Å². The van der Waals surface area contributed by atoms with Crippen molar-refractivity contribution < 1.29 is 21.6 Å². The van der Waals surface area contributed by atoms with Gasteiger partial charge in [-0.15, -0.1) is 0 Å². The molecule has 4 fully saturated rings. The molecule has 4 aliphatic rings. The minimum absolute atomic E-state index is 0.0112. The zero-order valence-electron chi connectivity index (χ0n) is 19.3. The largest absolute Gasteiger partial charge is 0.416 e. The van der Waals surface area contributed by atoms with E-state index in [2.05, 4.69) is 10.00 Å². The van der Waals surface area contributed by atoms with Crippen LogP contribution in [-0.4, -0.2) is 58.7 Å². The van der Waals surface area contributed by atoms with E-state index in [1.807, 2.05) is 18.5 Å². The smallest absolute Gasteiger partial charge is 0.300 e. The molecular formula is C24H29F3N4O2S. The summed E-state index contributed by atoms with van der Waals surface area (Å²) in [5, 5.41) is 4.61. The highest BCUT2D eigenvalue weighted by molar-refractivity contribution is 7.92. The van der Waals surface area contributed by atoms with Crippen LogP contribution >= 0.6 is 0 Å². The van der Waals surface area contributed by atoms with Crippen LogP contribution in [-0.2, 0) is 16.0 Å². The van der Waals surface area contributed by atoms with Crippen molar-refractivity contribution in [1.29, 1.82) is 0 Å². The molecular weight excluding hydrogens is 465 g/mol. The molecule has 34 heavy (non-hydrogen) atoms. The van der Waals surface area contributed by atoms with Crippen molar-refractivity contribution in [1.82, 2.24) is 19.7 Å². The highest BCUT2D eigenvalue weighted by Gasteiger charge is 2.61. The van der Waals surface area contributed by atoms with Crippen LogP contribution in [0.2, 0.25) is 0 Å². The predicted molar refractivity (Wildman–Crippen MR) is 121 cm³/mol. The first-order valence-corrected chi connectivity index (χ1v) is 13.9. The van der Waals surface area contributed by atoms with Crippen molar-refractivity contribution >= 4 is 9.84 Å². The van der Waals surface area contributed by atoms with Crippen LogP contribution in [0.15, 0.2) is 24.3 Å². The van der Waals surface area contributed by atoms with Crippen molar-refractivity contribution in [3.05, 3.63) is 35.7 Å². The number of sulfone groups is 1. The topological polar surface area (TPSA) is 68.1 Å². The summed E-state index contributed by atoms with van der Waals surface area (Å²) in [6.45, 7) is 5.91.